The Morgan fingerprint density at radius 2 is 1.71 bits per heavy atom. The van der Waals surface area contributed by atoms with E-state index in [4.69, 9.17) is 9.47 Å². The number of anilines is 1. The highest BCUT2D eigenvalue weighted by atomic mass is 16.5. The number of hydrogen-bond donors (Lipinski definition) is 1. The van der Waals surface area contributed by atoms with Crippen molar-refractivity contribution in [3.8, 4) is 11.5 Å². The van der Waals surface area contributed by atoms with Crippen LogP contribution in [0.5, 0.6) is 11.5 Å². The predicted octanol–water partition coefficient (Wildman–Crippen LogP) is 5.87. The molecule has 1 fully saturated rings. The maximum atomic E-state index is 12.9. The summed E-state index contributed by atoms with van der Waals surface area (Å²) in [5, 5.41) is 2.90. The van der Waals surface area contributed by atoms with Gasteiger partial charge in [-0.25, -0.2) is 0 Å². The largest absolute Gasteiger partial charge is 0.493 e. The molecule has 0 atom stereocenters. The zero-order valence-electron chi connectivity index (χ0n) is 17.6. The second kappa shape index (κ2) is 10.6. The Morgan fingerprint density at radius 1 is 0.935 bits per heavy atom. The van der Waals surface area contributed by atoms with Gasteiger partial charge in [0, 0.05) is 24.1 Å². The van der Waals surface area contributed by atoms with E-state index in [2.05, 4.69) is 10.3 Å². The molecule has 0 aliphatic heterocycles. The summed E-state index contributed by atoms with van der Waals surface area (Å²) < 4.78 is 12.1. The van der Waals surface area contributed by atoms with Gasteiger partial charge in [-0.1, -0.05) is 49.6 Å². The zero-order valence-corrected chi connectivity index (χ0v) is 17.6. The van der Waals surface area contributed by atoms with Gasteiger partial charge in [0.1, 0.15) is 18.1 Å². The van der Waals surface area contributed by atoms with E-state index in [1.807, 2.05) is 42.5 Å². The summed E-state index contributed by atoms with van der Waals surface area (Å²) in [7, 11) is 0. The third-order valence-corrected chi connectivity index (χ3v) is 5.58. The summed E-state index contributed by atoms with van der Waals surface area (Å²) in [5.74, 6) is 1.62. The van der Waals surface area contributed by atoms with Crippen LogP contribution in [0.2, 0.25) is 0 Å². The van der Waals surface area contributed by atoms with Crippen molar-refractivity contribution >= 4 is 11.6 Å². The quantitative estimate of drug-likeness (QED) is 0.499. The van der Waals surface area contributed by atoms with Crippen molar-refractivity contribution in [2.75, 3.05) is 11.9 Å². The van der Waals surface area contributed by atoms with E-state index in [0.717, 1.165) is 11.3 Å². The predicted molar refractivity (Wildman–Crippen MR) is 121 cm³/mol. The second-order valence-corrected chi connectivity index (χ2v) is 7.94. The van der Waals surface area contributed by atoms with Gasteiger partial charge >= 0.3 is 0 Å². The monoisotopic (exact) mass is 416 g/mol. The van der Waals surface area contributed by atoms with Crippen LogP contribution >= 0.6 is 0 Å². The van der Waals surface area contributed by atoms with Gasteiger partial charge in [0.05, 0.1) is 12.2 Å². The first kappa shape index (κ1) is 20.9. The molecule has 0 radical (unpaired) electrons. The van der Waals surface area contributed by atoms with Crippen molar-refractivity contribution < 1.29 is 14.3 Å². The van der Waals surface area contributed by atoms with Crippen LogP contribution in [0.3, 0.4) is 0 Å². The number of nitrogens with zero attached hydrogens (tertiary/aromatic N) is 1. The van der Waals surface area contributed by atoms with Crippen molar-refractivity contribution in [1.29, 1.82) is 0 Å². The summed E-state index contributed by atoms with van der Waals surface area (Å²) in [6, 6.07) is 18.9. The molecule has 1 aliphatic rings. The molecular weight excluding hydrogens is 388 g/mol. The van der Waals surface area contributed by atoms with Crippen molar-refractivity contribution in [3.05, 3.63) is 84.2 Å². The van der Waals surface area contributed by atoms with E-state index in [-0.39, 0.29) is 5.91 Å². The van der Waals surface area contributed by atoms with Gasteiger partial charge in [0.15, 0.2) is 0 Å². The fraction of sp³-hybridized carbons (Fsp3) is 0.308. The van der Waals surface area contributed by atoms with Gasteiger partial charge in [-0.15, -0.1) is 0 Å². The molecule has 5 nitrogen and oxygen atoms in total. The standard InChI is InChI=1S/C26H28N2O3/c29-26(28-22-13-15-27-16-14-22)24-12-11-23(30-18-20-7-3-1-4-8-20)17-25(24)31-19-21-9-5-2-6-10-21/h2,5-6,9-17,20H,1,3-4,7-8,18-19H2,(H,27,28,29). The molecule has 1 aliphatic carbocycles. The average molecular weight is 417 g/mol. The third kappa shape index (κ3) is 6.07. The highest BCUT2D eigenvalue weighted by Gasteiger charge is 2.17. The molecular formula is C26H28N2O3. The molecule has 1 amide bonds. The van der Waals surface area contributed by atoms with Gasteiger partial charge in [-0.2, -0.15) is 0 Å². The smallest absolute Gasteiger partial charge is 0.259 e. The molecule has 160 valence electrons. The lowest BCUT2D eigenvalue weighted by atomic mass is 9.90. The molecule has 1 saturated carbocycles. The molecule has 0 saturated heterocycles. The Morgan fingerprint density at radius 3 is 2.48 bits per heavy atom. The summed E-state index contributed by atoms with van der Waals surface area (Å²) >= 11 is 0. The van der Waals surface area contributed by atoms with Crippen LogP contribution in [0.1, 0.15) is 48.0 Å². The number of ether oxygens (including phenoxy) is 2. The van der Waals surface area contributed by atoms with Crippen LogP contribution in [0.25, 0.3) is 0 Å². The fourth-order valence-electron chi connectivity index (χ4n) is 3.84. The molecule has 2 aromatic carbocycles. The molecule has 1 heterocycles. The van der Waals surface area contributed by atoms with Crippen molar-refractivity contribution in [2.24, 2.45) is 5.92 Å². The Hall–Kier alpha value is -3.34. The number of rotatable bonds is 8. The van der Waals surface area contributed by atoms with Crippen LogP contribution in [-0.2, 0) is 6.61 Å². The first-order chi connectivity index (χ1) is 15.3. The van der Waals surface area contributed by atoms with Gasteiger partial charge in [0.25, 0.3) is 5.91 Å². The number of carbonyl (C=O) groups excluding carboxylic acids is 1. The highest BCUT2D eigenvalue weighted by Crippen LogP contribution is 2.29. The Balaban J connectivity index is 1.49. The number of amides is 1. The number of nitrogens with one attached hydrogen (secondary N) is 1. The molecule has 4 rings (SSSR count). The normalized spacial score (nSPS) is 14.1. The van der Waals surface area contributed by atoms with Crippen molar-refractivity contribution in [1.82, 2.24) is 4.98 Å². The van der Waals surface area contributed by atoms with E-state index in [1.54, 1.807) is 30.6 Å². The number of aromatic nitrogens is 1. The van der Waals surface area contributed by atoms with E-state index >= 15 is 0 Å². The fourth-order valence-corrected chi connectivity index (χ4v) is 3.84. The molecule has 0 unspecified atom stereocenters. The molecule has 1 N–H and O–H groups in total. The highest BCUT2D eigenvalue weighted by molar-refractivity contribution is 6.06. The van der Waals surface area contributed by atoms with Gasteiger partial charge in [-0.3, -0.25) is 9.78 Å². The van der Waals surface area contributed by atoms with Gasteiger partial charge in [0.2, 0.25) is 0 Å². The lowest BCUT2D eigenvalue weighted by Gasteiger charge is -2.22. The maximum Gasteiger partial charge on any atom is 0.259 e. The summed E-state index contributed by atoms with van der Waals surface area (Å²) in [5.41, 5.74) is 2.20. The molecule has 1 aromatic heterocycles. The van der Waals surface area contributed by atoms with Crippen LogP contribution in [0.4, 0.5) is 5.69 Å². The van der Waals surface area contributed by atoms with Crippen LogP contribution < -0.4 is 14.8 Å². The Kier molecular flexibility index (Phi) is 7.16. The minimum atomic E-state index is -0.229. The van der Waals surface area contributed by atoms with E-state index in [9.17, 15) is 4.79 Å². The van der Waals surface area contributed by atoms with Crippen molar-refractivity contribution in [3.63, 3.8) is 0 Å². The third-order valence-electron chi connectivity index (χ3n) is 5.58. The first-order valence-electron chi connectivity index (χ1n) is 10.9. The summed E-state index contributed by atoms with van der Waals surface area (Å²) in [6.45, 7) is 1.09. The van der Waals surface area contributed by atoms with E-state index in [0.29, 0.717) is 36.1 Å². The number of pyridine rings is 1. The molecule has 0 bridgehead atoms. The van der Waals surface area contributed by atoms with Crippen LogP contribution in [-0.4, -0.2) is 17.5 Å². The molecule has 3 aromatic rings. The van der Waals surface area contributed by atoms with Gasteiger partial charge in [-0.05, 0) is 48.6 Å². The summed E-state index contributed by atoms with van der Waals surface area (Å²) in [4.78, 5) is 16.9. The van der Waals surface area contributed by atoms with E-state index < -0.39 is 0 Å². The average Bonchev–Trinajstić information content (AvgIpc) is 2.83. The number of carbonyl (C=O) groups is 1. The van der Waals surface area contributed by atoms with E-state index in [1.165, 1.54) is 32.1 Å². The minimum Gasteiger partial charge on any atom is -0.493 e. The minimum absolute atomic E-state index is 0.229. The number of benzene rings is 2. The van der Waals surface area contributed by atoms with Gasteiger partial charge < -0.3 is 14.8 Å². The lowest BCUT2D eigenvalue weighted by molar-refractivity contribution is 0.102. The first-order valence-corrected chi connectivity index (χ1v) is 10.9. The molecule has 5 heteroatoms. The summed E-state index contributed by atoms with van der Waals surface area (Å²) in [6.07, 6.45) is 9.64. The topological polar surface area (TPSA) is 60.5 Å². The zero-order chi connectivity index (χ0) is 21.3. The number of hydrogen-bond acceptors (Lipinski definition) is 4. The van der Waals surface area contributed by atoms with Crippen molar-refractivity contribution in [2.45, 2.75) is 38.7 Å². The maximum absolute atomic E-state index is 12.9. The molecule has 0 spiro atoms. The Bertz CT molecular complexity index is 970. The molecule has 31 heavy (non-hydrogen) atoms. The SMILES string of the molecule is O=C(Nc1ccncc1)c1ccc(OCC2CCCCC2)cc1OCc1ccccc1. The van der Waals surface area contributed by atoms with Crippen LogP contribution in [0, 0.1) is 5.92 Å². The second-order valence-electron chi connectivity index (χ2n) is 7.94. The Labute approximate surface area is 183 Å². The lowest BCUT2D eigenvalue weighted by Crippen LogP contribution is -2.16. The van der Waals surface area contributed by atoms with Crippen LogP contribution in [0.15, 0.2) is 73.1 Å².